The second kappa shape index (κ2) is 8.15. The highest BCUT2D eigenvalue weighted by Gasteiger charge is 2.52. The third-order valence-corrected chi connectivity index (χ3v) is 8.60. The fourth-order valence-electron chi connectivity index (χ4n) is 5.40. The summed E-state index contributed by atoms with van der Waals surface area (Å²) >= 11 is 5.85. The fourth-order valence-corrected chi connectivity index (χ4v) is 6.67. The van der Waals surface area contributed by atoms with E-state index in [-0.39, 0.29) is 17.4 Å². The number of nitrogens with one attached hydrogen (secondary N) is 1. The van der Waals surface area contributed by atoms with Gasteiger partial charge >= 0.3 is 11.9 Å². The number of thioether (sulfide) groups is 1. The minimum absolute atomic E-state index is 0.0546. The molecule has 2 atom stereocenters. The van der Waals surface area contributed by atoms with Crippen LogP contribution < -0.4 is 5.48 Å². The van der Waals surface area contributed by atoms with Crippen molar-refractivity contribution < 1.29 is 19.2 Å². The third kappa shape index (κ3) is 4.78. The Bertz CT molecular complexity index is 545. The number of hydroxylamine groups is 1. The Balaban J connectivity index is 1.33. The van der Waals surface area contributed by atoms with Gasteiger partial charge in [-0.2, -0.15) is 24.4 Å². The predicted molar refractivity (Wildman–Crippen MR) is 109 cm³/mol. The second-order valence-corrected chi connectivity index (χ2v) is 11.0. The van der Waals surface area contributed by atoms with E-state index in [9.17, 15) is 9.59 Å². The lowest BCUT2D eigenvalue weighted by Crippen LogP contribution is -2.59. The van der Waals surface area contributed by atoms with Crippen molar-refractivity contribution in [2.24, 2.45) is 23.7 Å². The van der Waals surface area contributed by atoms with Crippen LogP contribution in [0.15, 0.2) is 0 Å². The number of thiol groups is 1. The minimum atomic E-state index is -0.841. The maximum atomic E-state index is 12.7. The van der Waals surface area contributed by atoms with Crippen LogP contribution in [0.1, 0.15) is 58.3 Å². The monoisotopic (exact) mass is 413 g/mol. The van der Waals surface area contributed by atoms with E-state index in [4.69, 9.17) is 9.57 Å². The molecule has 5 fully saturated rings. The summed E-state index contributed by atoms with van der Waals surface area (Å²) in [6.07, 6.45) is 8.85. The Labute approximate surface area is 171 Å². The summed E-state index contributed by atoms with van der Waals surface area (Å²) in [6, 6.07) is 0. The van der Waals surface area contributed by atoms with Gasteiger partial charge in [0.1, 0.15) is 0 Å². The van der Waals surface area contributed by atoms with Gasteiger partial charge in [0.05, 0.1) is 11.5 Å². The molecule has 0 aromatic rings. The predicted octanol–water partition coefficient (Wildman–Crippen LogP) is 3.38. The first kappa shape index (κ1) is 19.9. The van der Waals surface area contributed by atoms with Crippen LogP contribution in [-0.2, 0) is 19.2 Å². The molecule has 5 rings (SSSR count). The summed E-state index contributed by atoms with van der Waals surface area (Å²) < 4.78 is 5.49. The lowest BCUT2D eigenvalue weighted by molar-refractivity contribution is -0.182. The first-order chi connectivity index (χ1) is 13.0. The van der Waals surface area contributed by atoms with Crippen molar-refractivity contribution in [1.82, 2.24) is 5.48 Å². The highest BCUT2D eigenvalue weighted by Crippen LogP contribution is 2.55. The molecule has 5 aliphatic carbocycles. The van der Waals surface area contributed by atoms with Crippen molar-refractivity contribution >= 4 is 36.3 Å². The van der Waals surface area contributed by atoms with E-state index in [0.29, 0.717) is 16.8 Å². The average molecular weight is 414 g/mol. The largest absolute Gasteiger partial charge is 0.449 e. The minimum Gasteiger partial charge on any atom is -0.449 e. The van der Waals surface area contributed by atoms with Crippen LogP contribution in [0.2, 0.25) is 0 Å². The molecule has 1 N–H and O–H groups in total. The maximum absolute atomic E-state index is 12.7. The van der Waals surface area contributed by atoms with Crippen LogP contribution in [0.25, 0.3) is 0 Å². The lowest BCUT2D eigenvalue weighted by atomic mass is 9.53. The van der Waals surface area contributed by atoms with Gasteiger partial charge < -0.3 is 9.57 Å². The van der Waals surface area contributed by atoms with Gasteiger partial charge in [0.15, 0.2) is 0 Å². The second-order valence-electron chi connectivity index (χ2n) is 9.26. The normalized spacial score (nSPS) is 36.3. The molecule has 0 heterocycles. The Hall–Kier alpha value is -0.400. The van der Waals surface area contributed by atoms with Gasteiger partial charge in [0, 0.05) is 16.8 Å². The zero-order chi connectivity index (χ0) is 19.0. The van der Waals surface area contributed by atoms with Gasteiger partial charge in [0.2, 0.25) is 6.10 Å². The molecule has 7 heteroatoms. The van der Waals surface area contributed by atoms with Crippen molar-refractivity contribution in [2.75, 3.05) is 11.5 Å². The first-order valence-electron chi connectivity index (χ1n) is 10.4. The van der Waals surface area contributed by atoms with E-state index in [1.54, 1.807) is 18.7 Å². The highest BCUT2D eigenvalue weighted by molar-refractivity contribution is 8.00. The zero-order valence-corrected chi connectivity index (χ0v) is 17.7. The number of ether oxygens (including phenoxy) is 1. The summed E-state index contributed by atoms with van der Waals surface area (Å²) in [5.41, 5.74) is 3.11. The molecule has 0 saturated heterocycles. The van der Waals surface area contributed by atoms with Gasteiger partial charge in [-0.15, -0.1) is 5.48 Å². The van der Waals surface area contributed by atoms with E-state index in [2.05, 4.69) is 18.1 Å². The molecule has 0 aromatic carbocycles. The standard InChI is InChI=1S/C20H31NO4S2/c1-12(10-26)18(22)24-17(11-27-16-2-3-16)19(23)25-21-20-7-13-4-14(8-20)6-15(5-13)9-20/h12-17,21,26H,2-11H2,1H3/t12-,13?,14?,15?,17+,20?/m1/s1. The van der Waals surface area contributed by atoms with Crippen LogP contribution in [0, 0.1) is 23.7 Å². The molecule has 0 unspecified atom stereocenters. The zero-order valence-electron chi connectivity index (χ0n) is 16.0. The van der Waals surface area contributed by atoms with Crippen LogP contribution in [-0.4, -0.2) is 40.3 Å². The first-order valence-corrected chi connectivity index (χ1v) is 12.1. The molecule has 0 aromatic heterocycles. The SMILES string of the molecule is C[C@H](CS)C(=O)O[C@@H](CSC1CC1)C(=O)ONC12CC3CC(CC(C3)C1)C2. The molecular weight excluding hydrogens is 382 g/mol. The molecule has 0 aliphatic heterocycles. The van der Waals surface area contributed by atoms with Gasteiger partial charge in [-0.25, -0.2) is 4.79 Å². The van der Waals surface area contributed by atoms with Crippen molar-refractivity contribution in [3.8, 4) is 0 Å². The quantitative estimate of drug-likeness (QED) is 0.343. The number of esters is 1. The Morgan fingerprint density at radius 3 is 2.22 bits per heavy atom. The van der Waals surface area contributed by atoms with Gasteiger partial charge in [-0.1, -0.05) is 6.92 Å². The molecule has 4 bridgehead atoms. The number of carbonyl (C=O) groups excluding carboxylic acids is 2. The van der Waals surface area contributed by atoms with Crippen LogP contribution in [0.5, 0.6) is 0 Å². The number of rotatable bonds is 9. The number of hydrogen-bond acceptors (Lipinski definition) is 7. The van der Waals surface area contributed by atoms with Crippen molar-refractivity contribution in [3.05, 3.63) is 0 Å². The molecule has 5 nitrogen and oxygen atoms in total. The van der Waals surface area contributed by atoms with E-state index in [0.717, 1.165) is 37.0 Å². The Morgan fingerprint density at radius 1 is 1.11 bits per heavy atom. The number of carbonyl (C=O) groups is 2. The number of hydrogen-bond donors (Lipinski definition) is 2. The maximum Gasteiger partial charge on any atom is 0.366 e. The molecule has 5 aliphatic rings. The fraction of sp³-hybridized carbons (Fsp3) is 0.900. The topological polar surface area (TPSA) is 64.6 Å². The van der Waals surface area contributed by atoms with Gasteiger partial charge in [-0.05, 0) is 69.1 Å². The third-order valence-electron chi connectivity index (χ3n) is 6.61. The molecule has 0 amide bonds. The van der Waals surface area contributed by atoms with Crippen molar-refractivity contribution in [3.63, 3.8) is 0 Å². The Morgan fingerprint density at radius 2 is 1.70 bits per heavy atom. The van der Waals surface area contributed by atoms with Crippen LogP contribution in [0.4, 0.5) is 0 Å². The van der Waals surface area contributed by atoms with Crippen molar-refractivity contribution in [1.29, 1.82) is 0 Å². The van der Waals surface area contributed by atoms with Gasteiger partial charge in [-0.3, -0.25) is 4.79 Å². The smallest absolute Gasteiger partial charge is 0.366 e. The van der Waals surface area contributed by atoms with E-state index in [1.807, 2.05) is 0 Å². The summed E-state index contributed by atoms with van der Waals surface area (Å²) in [6.45, 7) is 1.76. The van der Waals surface area contributed by atoms with E-state index in [1.165, 1.54) is 32.1 Å². The molecular formula is C20H31NO4S2. The van der Waals surface area contributed by atoms with Gasteiger partial charge in [0.25, 0.3) is 0 Å². The summed E-state index contributed by atoms with van der Waals surface area (Å²) in [7, 11) is 0. The molecule has 27 heavy (non-hydrogen) atoms. The highest BCUT2D eigenvalue weighted by atomic mass is 32.2. The van der Waals surface area contributed by atoms with Crippen molar-refractivity contribution in [2.45, 2.75) is 75.2 Å². The Kier molecular flexibility index (Phi) is 6.01. The molecule has 0 radical (unpaired) electrons. The molecule has 5 saturated carbocycles. The van der Waals surface area contributed by atoms with Crippen LogP contribution in [0.3, 0.4) is 0 Å². The van der Waals surface area contributed by atoms with Crippen LogP contribution >= 0.6 is 24.4 Å². The average Bonchev–Trinajstić information content (AvgIpc) is 3.45. The van der Waals surface area contributed by atoms with E-state index < -0.39 is 12.1 Å². The summed E-state index contributed by atoms with van der Waals surface area (Å²) in [5, 5.41) is 0.595. The lowest BCUT2D eigenvalue weighted by Gasteiger charge is -2.56. The van der Waals surface area contributed by atoms with E-state index >= 15 is 0 Å². The molecule has 0 spiro atoms. The summed E-state index contributed by atoms with van der Waals surface area (Å²) in [4.78, 5) is 30.4. The summed E-state index contributed by atoms with van der Waals surface area (Å²) in [5.74, 6) is 2.04. The molecule has 152 valence electrons.